The van der Waals surface area contributed by atoms with Crippen LogP contribution in [0.5, 0.6) is 0 Å². The average molecular weight is 244 g/mol. The maximum Gasteiger partial charge on any atom is 0.269 e. The van der Waals surface area contributed by atoms with Gasteiger partial charge in [0.1, 0.15) is 0 Å². The number of nitrogens with zero attached hydrogens (tertiary/aromatic N) is 3. The Morgan fingerprint density at radius 1 is 1.44 bits per heavy atom. The van der Waals surface area contributed by atoms with Crippen molar-refractivity contribution in [3.05, 3.63) is 29.6 Å². The number of nitrogen functional groups attached to an aromatic ring is 1. The van der Waals surface area contributed by atoms with Crippen molar-refractivity contribution in [3.63, 3.8) is 0 Å². The quantitative estimate of drug-likeness (QED) is 0.479. The lowest BCUT2D eigenvalue weighted by Crippen LogP contribution is -2.42. The lowest BCUT2D eigenvalue weighted by molar-refractivity contribution is 0.0739. The fourth-order valence-electron chi connectivity index (χ4n) is 2.04. The number of rotatable bonds is 1. The van der Waals surface area contributed by atoms with Crippen LogP contribution in [0.1, 0.15) is 16.1 Å². The molecule has 0 saturated carbocycles. The highest BCUT2D eigenvalue weighted by atomic mass is 16.2. The minimum Gasteiger partial charge on any atom is -0.368 e. The third kappa shape index (κ3) is 1.61. The summed E-state index contributed by atoms with van der Waals surface area (Å²) in [6, 6.07) is 3.48. The molecule has 0 unspecified atom stereocenters. The Morgan fingerprint density at radius 3 is 3.06 bits per heavy atom. The second kappa shape index (κ2) is 3.81. The zero-order valence-corrected chi connectivity index (χ0v) is 9.55. The minimum absolute atomic E-state index is 0.180. The molecule has 92 valence electrons. The molecule has 2 aromatic rings. The molecule has 0 bridgehead atoms. The number of aromatic nitrogens is 3. The smallest absolute Gasteiger partial charge is 0.269 e. The number of carbonyl (C=O) groups is 1. The highest BCUT2D eigenvalue weighted by molar-refractivity contribution is 5.97. The van der Waals surface area contributed by atoms with E-state index in [9.17, 15) is 4.79 Å². The van der Waals surface area contributed by atoms with E-state index >= 15 is 0 Å². The average Bonchev–Trinajstić information content (AvgIpc) is 2.79. The van der Waals surface area contributed by atoms with E-state index in [0.717, 1.165) is 11.4 Å². The molecule has 1 aliphatic rings. The van der Waals surface area contributed by atoms with Crippen molar-refractivity contribution in [1.29, 1.82) is 0 Å². The summed E-state index contributed by atoms with van der Waals surface area (Å²) in [4.78, 5) is 23.0. The van der Waals surface area contributed by atoms with Crippen LogP contribution in [0.15, 0.2) is 18.3 Å². The van der Waals surface area contributed by atoms with Gasteiger partial charge in [0.2, 0.25) is 5.95 Å². The Labute approximate surface area is 103 Å². The topological polar surface area (TPSA) is 114 Å². The molecule has 1 amide bonds. The summed E-state index contributed by atoms with van der Waals surface area (Å²) in [6.45, 7) is 0.512. The molecule has 0 radical (unpaired) electrons. The van der Waals surface area contributed by atoms with E-state index in [1.807, 2.05) is 0 Å². The molecule has 0 spiro atoms. The molecule has 5 N–H and O–H groups in total. The lowest BCUT2D eigenvalue weighted by atomic mass is 10.1. The Balaban J connectivity index is 2.06. The van der Waals surface area contributed by atoms with Gasteiger partial charge in [-0.05, 0) is 12.1 Å². The van der Waals surface area contributed by atoms with Gasteiger partial charge in [-0.2, -0.15) is 0 Å². The van der Waals surface area contributed by atoms with Crippen LogP contribution in [0.4, 0.5) is 5.95 Å². The number of aromatic amines is 1. The maximum atomic E-state index is 11.9. The number of amides is 1. The van der Waals surface area contributed by atoms with Crippen molar-refractivity contribution >= 4 is 11.9 Å². The predicted octanol–water partition coefficient (Wildman–Crippen LogP) is -0.0741. The van der Waals surface area contributed by atoms with Crippen LogP contribution in [0.3, 0.4) is 0 Å². The third-order valence-electron chi connectivity index (χ3n) is 2.94. The molecule has 7 nitrogen and oxygen atoms in total. The van der Waals surface area contributed by atoms with Crippen LogP contribution in [0, 0.1) is 0 Å². The first-order valence-corrected chi connectivity index (χ1v) is 5.52. The SMILES string of the molecule is Nc1nccc(-c2cc3c([nH]2)CCN(N)C3=O)n1. The second-order valence-electron chi connectivity index (χ2n) is 4.12. The van der Waals surface area contributed by atoms with Crippen LogP contribution in [-0.4, -0.2) is 32.4 Å². The Bertz CT molecular complexity index is 620. The summed E-state index contributed by atoms with van der Waals surface area (Å²) < 4.78 is 0. The van der Waals surface area contributed by atoms with Gasteiger partial charge in [-0.3, -0.25) is 9.80 Å². The molecular formula is C11H12N6O. The van der Waals surface area contributed by atoms with Gasteiger partial charge in [0, 0.05) is 24.9 Å². The van der Waals surface area contributed by atoms with Crippen LogP contribution in [0.25, 0.3) is 11.4 Å². The largest absolute Gasteiger partial charge is 0.368 e. The summed E-state index contributed by atoms with van der Waals surface area (Å²) in [5.74, 6) is 5.61. The summed E-state index contributed by atoms with van der Waals surface area (Å²) >= 11 is 0. The number of carbonyl (C=O) groups excluding carboxylic acids is 1. The van der Waals surface area contributed by atoms with E-state index in [2.05, 4.69) is 15.0 Å². The number of nitrogens with two attached hydrogens (primary N) is 2. The van der Waals surface area contributed by atoms with Crippen LogP contribution in [0.2, 0.25) is 0 Å². The number of hydrogen-bond donors (Lipinski definition) is 3. The fraction of sp³-hybridized carbons (Fsp3) is 0.182. The Hall–Kier alpha value is -2.41. The zero-order chi connectivity index (χ0) is 12.7. The van der Waals surface area contributed by atoms with E-state index < -0.39 is 0 Å². The molecule has 3 heterocycles. The van der Waals surface area contributed by atoms with Crippen molar-refractivity contribution in [1.82, 2.24) is 20.0 Å². The first-order valence-electron chi connectivity index (χ1n) is 5.52. The summed E-state index contributed by atoms with van der Waals surface area (Å²) in [7, 11) is 0. The molecule has 0 aliphatic carbocycles. The van der Waals surface area contributed by atoms with E-state index in [1.165, 1.54) is 5.01 Å². The van der Waals surface area contributed by atoms with E-state index in [1.54, 1.807) is 18.3 Å². The van der Waals surface area contributed by atoms with Gasteiger partial charge in [0.05, 0.1) is 17.0 Å². The molecule has 3 rings (SSSR count). The monoisotopic (exact) mass is 244 g/mol. The Kier molecular flexibility index (Phi) is 2.27. The summed E-state index contributed by atoms with van der Waals surface area (Å²) in [5, 5.41) is 1.22. The van der Waals surface area contributed by atoms with Crippen LogP contribution < -0.4 is 11.6 Å². The van der Waals surface area contributed by atoms with E-state index in [-0.39, 0.29) is 11.9 Å². The van der Waals surface area contributed by atoms with E-state index in [0.29, 0.717) is 24.2 Å². The molecule has 18 heavy (non-hydrogen) atoms. The normalized spacial score (nSPS) is 14.7. The number of nitrogens with one attached hydrogen (secondary N) is 1. The van der Waals surface area contributed by atoms with Crippen molar-refractivity contribution in [2.45, 2.75) is 6.42 Å². The fourth-order valence-corrected chi connectivity index (χ4v) is 2.04. The highest BCUT2D eigenvalue weighted by Crippen LogP contribution is 2.24. The minimum atomic E-state index is -0.180. The van der Waals surface area contributed by atoms with Crippen LogP contribution >= 0.6 is 0 Å². The molecular weight excluding hydrogens is 232 g/mol. The molecule has 2 aromatic heterocycles. The van der Waals surface area contributed by atoms with Gasteiger partial charge in [0.25, 0.3) is 5.91 Å². The van der Waals surface area contributed by atoms with Crippen molar-refractivity contribution in [2.24, 2.45) is 5.84 Å². The maximum absolute atomic E-state index is 11.9. The highest BCUT2D eigenvalue weighted by Gasteiger charge is 2.24. The lowest BCUT2D eigenvalue weighted by Gasteiger charge is -2.21. The van der Waals surface area contributed by atoms with Gasteiger partial charge < -0.3 is 10.7 Å². The molecule has 0 aromatic carbocycles. The summed E-state index contributed by atoms with van der Waals surface area (Å²) in [6.07, 6.45) is 2.28. The molecule has 0 atom stereocenters. The third-order valence-corrected chi connectivity index (χ3v) is 2.94. The van der Waals surface area contributed by atoms with Gasteiger partial charge in [-0.1, -0.05) is 0 Å². The number of fused-ring (bicyclic) bond motifs is 1. The van der Waals surface area contributed by atoms with Crippen molar-refractivity contribution in [3.8, 4) is 11.4 Å². The predicted molar refractivity (Wildman–Crippen MR) is 65.2 cm³/mol. The Morgan fingerprint density at radius 2 is 2.28 bits per heavy atom. The summed E-state index contributed by atoms with van der Waals surface area (Å²) in [5.41, 5.74) is 8.42. The molecule has 7 heteroatoms. The second-order valence-corrected chi connectivity index (χ2v) is 4.12. The standard InChI is InChI=1S/C11H12N6O/c12-11-14-3-1-8(16-11)9-5-6-7(15-9)2-4-17(13)10(6)18/h1,3,5,15H,2,4,13H2,(H2,12,14,16). The molecule has 1 aliphatic heterocycles. The van der Waals surface area contributed by atoms with Crippen molar-refractivity contribution in [2.75, 3.05) is 12.3 Å². The van der Waals surface area contributed by atoms with Gasteiger partial charge in [0.15, 0.2) is 0 Å². The zero-order valence-electron chi connectivity index (χ0n) is 9.55. The van der Waals surface area contributed by atoms with Gasteiger partial charge in [-0.25, -0.2) is 15.8 Å². The first-order chi connectivity index (χ1) is 8.65. The number of hydrogen-bond acceptors (Lipinski definition) is 5. The molecule has 0 fully saturated rings. The number of hydrazine groups is 1. The van der Waals surface area contributed by atoms with Gasteiger partial charge in [-0.15, -0.1) is 0 Å². The van der Waals surface area contributed by atoms with Gasteiger partial charge >= 0.3 is 0 Å². The first kappa shape index (κ1) is 10.7. The van der Waals surface area contributed by atoms with E-state index in [4.69, 9.17) is 11.6 Å². The number of anilines is 1. The van der Waals surface area contributed by atoms with Crippen molar-refractivity contribution < 1.29 is 4.79 Å². The number of H-pyrrole nitrogens is 1. The molecule has 0 saturated heterocycles. The van der Waals surface area contributed by atoms with Crippen LogP contribution in [-0.2, 0) is 6.42 Å².